The molecule has 0 aromatic carbocycles. The molecule has 0 bridgehead atoms. The lowest BCUT2D eigenvalue weighted by atomic mass is 9.86. The van der Waals surface area contributed by atoms with Gasteiger partial charge in [-0.1, -0.05) is 12.2 Å². The van der Waals surface area contributed by atoms with Gasteiger partial charge < -0.3 is 10.6 Å². The highest BCUT2D eigenvalue weighted by atomic mass is 32.1. The number of rotatable bonds is 5. The van der Waals surface area contributed by atoms with E-state index in [1.54, 1.807) is 11.3 Å². The number of hydrogen-bond donors (Lipinski definition) is 1. The molecule has 1 atom stereocenters. The standard InChI is InChI=1S/C15H22N2OS2/c1-10(2)17(8-6-14(16)19)15(18)12-4-3-5-13-11(12)7-9-20-13/h7,9-10,12H,3-6,8H2,1-2H3,(H2,16,19). The predicted octanol–water partition coefficient (Wildman–Crippen LogP) is 3.08. The van der Waals surface area contributed by atoms with E-state index in [-0.39, 0.29) is 17.9 Å². The first kappa shape index (κ1) is 15.4. The van der Waals surface area contributed by atoms with Crippen molar-refractivity contribution in [3.05, 3.63) is 21.9 Å². The quantitative estimate of drug-likeness (QED) is 0.850. The molecule has 110 valence electrons. The summed E-state index contributed by atoms with van der Waals surface area (Å²) in [4.78, 5) is 16.6. The fraction of sp³-hybridized carbons (Fsp3) is 0.600. The molecule has 1 aromatic heterocycles. The van der Waals surface area contributed by atoms with Crippen LogP contribution in [-0.4, -0.2) is 28.4 Å². The van der Waals surface area contributed by atoms with Crippen LogP contribution in [0.4, 0.5) is 0 Å². The number of carbonyl (C=O) groups is 1. The van der Waals surface area contributed by atoms with E-state index in [1.807, 2.05) is 4.90 Å². The van der Waals surface area contributed by atoms with Crippen LogP contribution in [0, 0.1) is 0 Å². The lowest BCUT2D eigenvalue weighted by Crippen LogP contribution is -2.42. The summed E-state index contributed by atoms with van der Waals surface area (Å²) in [6.45, 7) is 4.73. The Morgan fingerprint density at radius 3 is 3.00 bits per heavy atom. The molecule has 0 saturated carbocycles. The molecular weight excluding hydrogens is 288 g/mol. The van der Waals surface area contributed by atoms with E-state index in [0.717, 1.165) is 19.3 Å². The van der Waals surface area contributed by atoms with Crippen molar-refractivity contribution in [1.29, 1.82) is 0 Å². The van der Waals surface area contributed by atoms with Crippen LogP contribution in [0.1, 0.15) is 49.5 Å². The summed E-state index contributed by atoms with van der Waals surface area (Å²) in [6.07, 6.45) is 3.78. The zero-order valence-electron chi connectivity index (χ0n) is 12.1. The zero-order chi connectivity index (χ0) is 14.7. The Bertz CT molecular complexity index is 496. The molecule has 2 N–H and O–H groups in total. The molecule has 1 aliphatic rings. The number of carbonyl (C=O) groups excluding carboxylic acids is 1. The third kappa shape index (κ3) is 3.38. The number of nitrogens with two attached hydrogens (primary N) is 1. The molecule has 1 heterocycles. The van der Waals surface area contributed by atoms with Gasteiger partial charge in [0.1, 0.15) is 0 Å². The second kappa shape index (κ2) is 6.68. The van der Waals surface area contributed by atoms with Gasteiger partial charge in [-0.3, -0.25) is 4.79 Å². The number of thiophene rings is 1. The first-order chi connectivity index (χ1) is 9.50. The first-order valence-electron chi connectivity index (χ1n) is 7.15. The maximum atomic E-state index is 12.9. The van der Waals surface area contributed by atoms with E-state index in [0.29, 0.717) is 18.0 Å². The highest BCUT2D eigenvalue weighted by molar-refractivity contribution is 7.80. The molecule has 1 aliphatic carbocycles. The molecule has 20 heavy (non-hydrogen) atoms. The zero-order valence-corrected chi connectivity index (χ0v) is 13.7. The Kier molecular flexibility index (Phi) is 5.16. The predicted molar refractivity (Wildman–Crippen MR) is 88.2 cm³/mol. The lowest BCUT2D eigenvalue weighted by Gasteiger charge is -2.32. The third-order valence-corrected chi connectivity index (χ3v) is 5.06. The number of hydrogen-bond acceptors (Lipinski definition) is 3. The number of fused-ring (bicyclic) bond motifs is 1. The van der Waals surface area contributed by atoms with Crippen LogP contribution < -0.4 is 5.73 Å². The molecule has 2 rings (SSSR count). The van der Waals surface area contributed by atoms with Crippen LogP contribution in [0.3, 0.4) is 0 Å². The Balaban J connectivity index is 2.14. The van der Waals surface area contributed by atoms with Gasteiger partial charge in [0.25, 0.3) is 0 Å². The van der Waals surface area contributed by atoms with Gasteiger partial charge in [0.2, 0.25) is 5.91 Å². The van der Waals surface area contributed by atoms with Crippen molar-refractivity contribution in [1.82, 2.24) is 4.90 Å². The molecule has 1 amide bonds. The molecule has 1 aromatic rings. The second-order valence-electron chi connectivity index (χ2n) is 5.59. The molecule has 3 nitrogen and oxygen atoms in total. The summed E-state index contributed by atoms with van der Waals surface area (Å²) in [5.74, 6) is 0.259. The summed E-state index contributed by atoms with van der Waals surface area (Å²) in [7, 11) is 0. The second-order valence-corrected chi connectivity index (χ2v) is 7.11. The average Bonchev–Trinajstić information content (AvgIpc) is 2.85. The van der Waals surface area contributed by atoms with Gasteiger partial charge in [-0.15, -0.1) is 11.3 Å². The molecule has 0 fully saturated rings. The summed E-state index contributed by atoms with van der Waals surface area (Å²) in [6, 6.07) is 2.30. The van der Waals surface area contributed by atoms with E-state index >= 15 is 0 Å². The summed E-state index contributed by atoms with van der Waals surface area (Å²) < 4.78 is 0. The monoisotopic (exact) mass is 310 g/mol. The van der Waals surface area contributed by atoms with Gasteiger partial charge in [0, 0.05) is 23.9 Å². The Labute approximate surface area is 130 Å². The van der Waals surface area contributed by atoms with Crippen LogP contribution in [0.15, 0.2) is 11.4 Å². The minimum absolute atomic E-state index is 0.0266. The minimum Gasteiger partial charge on any atom is -0.393 e. The lowest BCUT2D eigenvalue weighted by molar-refractivity contribution is -0.134. The van der Waals surface area contributed by atoms with E-state index < -0.39 is 0 Å². The van der Waals surface area contributed by atoms with Crippen LogP contribution in [0.2, 0.25) is 0 Å². The largest absolute Gasteiger partial charge is 0.393 e. The van der Waals surface area contributed by atoms with Crippen molar-refractivity contribution in [3.63, 3.8) is 0 Å². The van der Waals surface area contributed by atoms with Crippen molar-refractivity contribution < 1.29 is 4.79 Å². The fourth-order valence-corrected chi connectivity index (χ4v) is 3.88. The summed E-state index contributed by atoms with van der Waals surface area (Å²) in [5.41, 5.74) is 6.82. The van der Waals surface area contributed by atoms with Gasteiger partial charge in [-0.25, -0.2) is 0 Å². The third-order valence-electron chi connectivity index (χ3n) is 3.86. The molecule has 5 heteroatoms. The van der Waals surface area contributed by atoms with Crippen molar-refractivity contribution in [2.45, 2.75) is 51.5 Å². The maximum absolute atomic E-state index is 12.9. The van der Waals surface area contributed by atoms with Crippen LogP contribution in [0.25, 0.3) is 0 Å². The van der Waals surface area contributed by atoms with Crippen molar-refractivity contribution in [3.8, 4) is 0 Å². The number of thiocarbonyl (C=S) groups is 1. The van der Waals surface area contributed by atoms with E-state index in [9.17, 15) is 4.79 Å². The van der Waals surface area contributed by atoms with Gasteiger partial charge >= 0.3 is 0 Å². The SMILES string of the molecule is CC(C)N(CCC(N)=S)C(=O)C1CCCc2sccc21. The van der Waals surface area contributed by atoms with Crippen molar-refractivity contribution in [2.24, 2.45) is 5.73 Å². The number of aryl methyl sites for hydroxylation is 1. The highest BCUT2D eigenvalue weighted by Gasteiger charge is 2.31. The summed E-state index contributed by atoms with van der Waals surface area (Å²) >= 11 is 6.71. The minimum atomic E-state index is 0.0266. The van der Waals surface area contributed by atoms with Crippen LogP contribution in [0.5, 0.6) is 0 Å². The topological polar surface area (TPSA) is 46.3 Å². The molecule has 0 aliphatic heterocycles. The number of amides is 1. The Morgan fingerprint density at radius 2 is 2.35 bits per heavy atom. The van der Waals surface area contributed by atoms with E-state index in [1.165, 1.54) is 10.4 Å². The van der Waals surface area contributed by atoms with Crippen LogP contribution in [-0.2, 0) is 11.2 Å². The first-order valence-corrected chi connectivity index (χ1v) is 8.44. The molecule has 0 radical (unpaired) electrons. The van der Waals surface area contributed by atoms with Gasteiger partial charge in [-0.2, -0.15) is 0 Å². The normalized spacial score (nSPS) is 17.9. The molecule has 0 saturated heterocycles. The highest BCUT2D eigenvalue weighted by Crippen LogP contribution is 2.36. The average molecular weight is 310 g/mol. The van der Waals surface area contributed by atoms with Crippen molar-refractivity contribution >= 4 is 34.5 Å². The molecule has 0 spiro atoms. The van der Waals surface area contributed by atoms with E-state index in [2.05, 4.69) is 25.3 Å². The summed E-state index contributed by atoms with van der Waals surface area (Å²) in [5, 5.41) is 2.10. The molecule has 1 unspecified atom stereocenters. The number of nitrogens with zero attached hydrogens (tertiary/aromatic N) is 1. The van der Waals surface area contributed by atoms with Crippen LogP contribution >= 0.6 is 23.6 Å². The van der Waals surface area contributed by atoms with Gasteiger partial charge in [0.05, 0.1) is 10.9 Å². The molecular formula is C15H22N2OS2. The maximum Gasteiger partial charge on any atom is 0.230 e. The fourth-order valence-electron chi connectivity index (χ4n) is 2.80. The smallest absolute Gasteiger partial charge is 0.230 e. The van der Waals surface area contributed by atoms with Crippen molar-refractivity contribution in [2.75, 3.05) is 6.54 Å². The van der Waals surface area contributed by atoms with Gasteiger partial charge in [-0.05, 0) is 50.1 Å². The Morgan fingerprint density at radius 1 is 1.60 bits per heavy atom. The Hall–Kier alpha value is -0.940. The van der Waals surface area contributed by atoms with Gasteiger partial charge in [0.15, 0.2) is 0 Å². The van der Waals surface area contributed by atoms with E-state index in [4.69, 9.17) is 18.0 Å².